The SMILES string of the molecule is Nc1c(NNC(=O)C(c2ccccc2)c2ccccc2)ncnc1NC1CCCC1. The Morgan fingerprint density at radius 2 is 1.47 bits per heavy atom. The number of amides is 1. The number of rotatable bonds is 7. The molecule has 1 aliphatic rings. The van der Waals surface area contributed by atoms with Crippen molar-refractivity contribution in [3.63, 3.8) is 0 Å². The standard InChI is InChI=1S/C23H26N6O/c24-20-21(27-18-13-7-8-14-18)25-15-26-22(20)28-29-23(30)19(16-9-3-1-4-10-16)17-11-5-2-6-12-17/h1-6,9-12,15,18-19H,7-8,13-14,24H2,(H,29,30)(H2,25,26,27,28). The number of nitrogen functional groups attached to an aromatic ring is 1. The van der Waals surface area contributed by atoms with E-state index >= 15 is 0 Å². The molecule has 2 aromatic carbocycles. The predicted octanol–water partition coefficient (Wildman–Crippen LogP) is 3.69. The van der Waals surface area contributed by atoms with E-state index in [1.165, 1.54) is 19.2 Å². The molecule has 0 radical (unpaired) electrons. The van der Waals surface area contributed by atoms with Gasteiger partial charge in [-0.25, -0.2) is 9.97 Å². The molecule has 0 atom stereocenters. The van der Waals surface area contributed by atoms with Gasteiger partial charge < -0.3 is 11.1 Å². The number of carbonyl (C=O) groups excluding carboxylic acids is 1. The second-order valence-corrected chi connectivity index (χ2v) is 7.48. The Morgan fingerprint density at radius 1 is 0.900 bits per heavy atom. The lowest BCUT2D eigenvalue weighted by Gasteiger charge is -2.20. The number of nitrogens with zero attached hydrogens (tertiary/aromatic N) is 2. The van der Waals surface area contributed by atoms with E-state index in [-0.39, 0.29) is 5.91 Å². The average Bonchev–Trinajstić information content (AvgIpc) is 3.29. The minimum absolute atomic E-state index is 0.198. The summed E-state index contributed by atoms with van der Waals surface area (Å²) >= 11 is 0. The molecule has 1 amide bonds. The molecule has 1 saturated carbocycles. The Labute approximate surface area is 176 Å². The monoisotopic (exact) mass is 402 g/mol. The van der Waals surface area contributed by atoms with E-state index in [1.807, 2.05) is 60.7 Å². The van der Waals surface area contributed by atoms with Gasteiger partial charge in [0.2, 0.25) is 5.91 Å². The molecule has 0 bridgehead atoms. The Bertz CT molecular complexity index is 934. The van der Waals surface area contributed by atoms with Crippen LogP contribution in [-0.4, -0.2) is 21.9 Å². The first-order valence-electron chi connectivity index (χ1n) is 10.2. The fourth-order valence-corrected chi connectivity index (χ4v) is 3.85. The van der Waals surface area contributed by atoms with Crippen LogP contribution in [0.2, 0.25) is 0 Å². The van der Waals surface area contributed by atoms with Crippen LogP contribution in [0.15, 0.2) is 67.0 Å². The Hall–Kier alpha value is -3.61. The number of benzene rings is 2. The summed E-state index contributed by atoms with van der Waals surface area (Å²) in [4.78, 5) is 21.6. The van der Waals surface area contributed by atoms with Crippen LogP contribution < -0.4 is 21.9 Å². The van der Waals surface area contributed by atoms with Crippen molar-refractivity contribution in [3.8, 4) is 0 Å². The highest BCUT2D eigenvalue weighted by Crippen LogP contribution is 2.28. The lowest BCUT2D eigenvalue weighted by Crippen LogP contribution is -2.35. The van der Waals surface area contributed by atoms with E-state index < -0.39 is 5.92 Å². The van der Waals surface area contributed by atoms with Gasteiger partial charge in [0.05, 0.1) is 5.92 Å². The van der Waals surface area contributed by atoms with Gasteiger partial charge in [-0.1, -0.05) is 73.5 Å². The summed E-state index contributed by atoms with van der Waals surface area (Å²) in [5.74, 6) is 0.310. The first kappa shape index (κ1) is 19.7. The second-order valence-electron chi connectivity index (χ2n) is 7.48. The molecule has 0 unspecified atom stereocenters. The summed E-state index contributed by atoms with van der Waals surface area (Å²) in [7, 11) is 0. The summed E-state index contributed by atoms with van der Waals surface area (Å²) < 4.78 is 0. The first-order valence-corrected chi connectivity index (χ1v) is 10.2. The third-order valence-corrected chi connectivity index (χ3v) is 5.41. The van der Waals surface area contributed by atoms with Crippen LogP contribution in [0.3, 0.4) is 0 Å². The molecule has 154 valence electrons. The number of anilines is 3. The van der Waals surface area contributed by atoms with E-state index in [0.717, 1.165) is 24.0 Å². The van der Waals surface area contributed by atoms with Crippen LogP contribution in [0.25, 0.3) is 0 Å². The molecule has 30 heavy (non-hydrogen) atoms. The molecule has 0 spiro atoms. The summed E-state index contributed by atoms with van der Waals surface area (Å²) in [6.07, 6.45) is 6.08. The zero-order chi connectivity index (χ0) is 20.8. The van der Waals surface area contributed by atoms with Crippen molar-refractivity contribution in [3.05, 3.63) is 78.1 Å². The molecule has 3 aromatic rings. The van der Waals surface area contributed by atoms with Gasteiger partial charge in [-0.15, -0.1) is 0 Å². The van der Waals surface area contributed by atoms with E-state index in [2.05, 4.69) is 26.1 Å². The number of carbonyl (C=O) groups is 1. The summed E-state index contributed by atoms with van der Waals surface area (Å²) in [6, 6.07) is 19.7. The molecule has 7 nitrogen and oxygen atoms in total. The molecule has 4 rings (SSSR count). The smallest absolute Gasteiger partial charge is 0.250 e. The van der Waals surface area contributed by atoms with Gasteiger partial charge in [0.15, 0.2) is 11.6 Å². The Balaban J connectivity index is 1.50. The summed E-state index contributed by atoms with van der Waals surface area (Å²) in [6.45, 7) is 0. The Kier molecular flexibility index (Phi) is 6.08. The normalized spacial score (nSPS) is 13.9. The van der Waals surface area contributed by atoms with Gasteiger partial charge in [0, 0.05) is 6.04 Å². The zero-order valence-electron chi connectivity index (χ0n) is 16.7. The number of nitrogens with two attached hydrogens (primary N) is 1. The van der Waals surface area contributed by atoms with Crippen molar-refractivity contribution < 1.29 is 4.79 Å². The van der Waals surface area contributed by atoms with Crippen molar-refractivity contribution in [2.24, 2.45) is 0 Å². The van der Waals surface area contributed by atoms with E-state index in [4.69, 9.17) is 5.73 Å². The molecule has 0 aliphatic heterocycles. The molecule has 1 heterocycles. The lowest BCUT2D eigenvalue weighted by atomic mass is 9.91. The van der Waals surface area contributed by atoms with E-state index in [9.17, 15) is 4.79 Å². The van der Waals surface area contributed by atoms with Crippen LogP contribution in [0.4, 0.5) is 17.3 Å². The summed E-state index contributed by atoms with van der Waals surface area (Å²) in [5, 5.41) is 3.38. The molecule has 1 fully saturated rings. The highest BCUT2D eigenvalue weighted by atomic mass is 16.2. The molecule has 7 heteroatoms. The quantitative estimate of drug-likeness (QED) is 0.449. The third-order valence-electron chi connectivity index (χ3n) is 5.41. The molecule has 1 aliphatic carbocycles. The number of hydrazine groups is 1. The number of hydrogen-bond acceptors (Lipinski definition) is 6. The maximum atomic E-state index is 13.1. The van der Waals surface area contributed by atoms with Gasteiger partial charge >= 0.3 is 0 Å². The maximum Gasteiger partial charge on any atom is 0.250 e. The molecule has 1 aromatic heterocycles. The van der Waals surface area contributed by atoms with Crippen LogP contribution >= 0.6 is 0 Å². The van der Waals surface area contributed by atoms with Crippen molar-refractivity contribution >= 4 is 23.2 Å². The highest BCUT2D eigenvalue weighted by Gasteiger charge is 2.23. The minimum atomic E-state index is -0.459. The number of hydrogen-bond donors (Lipinski definition) is 4. The predicted molar refractivity (Wildman–Crippen MR) is 119 cm³/mol. The van der Waals surface area contributed by atoms with Gasteiger partial charge in [-0.2, -0.15) is 0 Å². The van der Waals surface area contributed by atoms with Gasteiger partial charge in [-0.05, 0) is 24.0 Å². The summed E-state index contributed by atoms with van der Waals surface area (Å²) in [5.41, 5.74) is 14.1. The Morgan fingerprint density at radius 3 is 2.07 bits per heavy atom. The van der Waals surface area contributed by atoms with Crippen molar-refractivity contribution in [2.75, 3.05) is 16.5 Å². The first-order chi connectivity index (χ1) is 14.7. The van der Waals surface area contributed by atoms with E-state index in [0.29, 0.717) is 23.4 Å². The van der Waals surface area contributed by atoms with Crippen molar-refractivity contribution in [2.45, 2.75) is 37.6 Å². The average molecular weight is 403 g/mol. The van der Waals surface area contributed by atoms with Gasteiger partial charge in [0.25, 0.3) is 0 Å². The lowest BCUT2D eigenvalue weighted by molar-refractivity contribution is -0.121. The zero-order valence-corrected chi connectivity index (χ0v) is 16.7. The molecule has 0 saturated heterocycles. The molecule has 5 N–H and O–H groups in total. The minimum Gasteiger partial charge on any atom is -0.393 e. The highest BCUT2D eigenvalue weighted by molar-refractivity contribution is 5.88. The van der Waals surface area contributed by atoms with Crippen LogP contribution in [0.1, 0.15) is 42.7 Å². The van der Waals surface area contributed by atoms with Crippen LogP contribution in [-0.2, 0) is 4.79 Å². The largest absolute Gasteiger partial charge is 0.393 e. The van der Waals surface area contributed by atoms with Gasteiger partial charge in [-0.3, -0.25) is 15.6 Å². The number of nitrogens with one attached hydrogen (secondary N) is 3. The molecular weight excluding hydrogens is 376 g/mol. The number of aromatic nitrogens is 2. The van der Waals surface area contributed by atoms with Crippen LogP contribution in [0.5, 0.6) is 0 Å². The van der Waals surface area contributed by atoms with Gasteiger partial charge in [0.1, 0.15) is 12.0 Å². The third kappa shape index (κ3) is 4.51. The molecular formula is C23H26N6O. The topological polar surface area (TPSA) is 105 Å². The second kappa shape index (κ2) is 9.26. The fraction of sp³-hybridized carbons (Fsp3) is 0.261. The maximum absolute atomic E-state index is 13.1. The van der Waals surface area contributed by atoms with E-state index in [1.54, 1.807) is 0 Å². The van der Waals surface area contributed by atoms with Crippen molar-refractivity contribution in [1.82, 2.24) is 15.4 Å². The van der Waals surface area contributed by atoms with Crippen LogP contribution in [0, 0.1) is 0 Å². The van der Waals surface area contributed by atoms with Crippen molar-refractivity contribution in [1.29, 1.82) is 0 Å². The fourth-order valence-electron chi connectivity index (χ4n) is 3.85.